The second kappa shape index (κ2) is 10.3. The van der Waals surface area contributed by atoms with E-state index in [0.717, 1.165) is 16.8 Å². The van der Waals surface area contributed by atoms with Crippen LogP contribution in [0.3, 0.4) is 0 Å². The Morgan fingerprint density at radius 1 is 1.00 bits per heavy atom. The van der Waals surface area contributed by atoms with E-state index in [-0.39, 0.29) is 24.9 Å². The van der Waals surface area contributed by atoms with Gasteiger partial charge in [0.25, 0.3) is 5.91 Å². The molecule has 6 nitrogen and oxygen atoms in total. The quantitative estimate of drug-likeness (QED) is 0.662. The number of para-hydroxylation sites is 1. The number of rotatable bonds is 9. The number of ether oxygens (including phenoxy) is 3. The number of carbonyl (C=O) groups excluding carboxylic acids is 2. The first kappa shape index (κ1) is 21.3. The zero-order chi connectivity index (χ0) is 20.5. The number of anilines is 1. The molecule has 1 N–H and O–H groups in total. The molecule has 0 aliphatic heterocycles. The van der Waals surface area contributed by atoms with E-state index in [9.17, 15) is 9.59 Å². The molecule has 0 aromatic heterocycles. The molecule has 0 radical (unpaired) electrons. The Morgan fingerprint density at radius 2 is 1.71 bits per heavy atom. The van der Waals surface area contributed by atoms with Gasteiger partial charge in [-0.25, -0.2) is 0 Å². The summed E-state index contributed by atoms with van der Waals surface area (Å²) in [7, 11) is 3.13. The Balaban J connectivity index is 1.82. The van der Waals surface area contributed by atoms with E-state index in [2.05, 4.69) is 19.2 Å². The molecule has 0 aliphatic carbocycles. The van der Waals surface area contributed by atoms with E-state index in [1.807, 2.05) is 36.4 Å². The number of esters is 1. The highest BCUT2D eigenvalue weighted by Gasteiger charge is 2.12. The third-order valence-electron chi connectivity index (χ3n) is 4.29. The van der Waals surface area contributed by atoms with Crippen LogP contribution >= 0.6 is 0 Å². The van der Waals surface area contributed by atoms with Crippen molar-refractivity contribution in [2.45, 2.75) is 32.6 Å². The van der Waals surface area contributed by atoms with Crippen molar-refractivity contribution in [3.8, 4) is 11.5 Å². The highest BCUT2D eigenvalue weighted by molar-refractivity contribution is 5.93. The molecule has 0 fully saturated rings. The Morgan fingerprint density at radius 3 is 2.39 bits per heavy atom. The Hall–Kier alpha value is -3.02. The normalized spacial score (nSPS) is 10.5. The van der Waals surface area contributed by atoms with Crippen LogP contribution in [0, 0.1) is 0 Å². The minimum atomic E-state index is -0.429. The largest absolute Gasteiger partial charge is 0.493 e. The number of hydrogen-bond donors (Lipinski definition) is 1. The Labute approximate surface area is 165 Å². The molecule has 0 unspecified atom stereocenters. The zero-order valence-electron chi connectivity index (χ0n) is 16.8. The van der Waals surface area contributed by atoms with Crippen molar-refractivity contribution in [2.75, 3.05) is 26.1 Å². The van der Waals surface area contributed by atoms with Crippen molar-refractivity contribution < 1.29 is 23.8 Å². The van der Waals surface area contributed by atoms with Gasteiger partial charge in [0.15, 0.2) is 18.1 Å². The molecular formula is C22H27NO5. The lowest BCUT2D eigenvalue weighted by atomic mass is 10.0. The maximum atomic E-state index is 12.1. The van der Waals surface area contributed by atoms with Gasteiger partial charge in [-0.1, -0.05) is 38.1 Å². The number of hydrogen-bond acceptors (Lipinski definition) is 5. The van der Waals surface area contributed by atoms with Gasteiger partial charge in [-0.3, -0.25) is 9.59 Å². The molecule has 6 heteroatoms. The molecule has 28 heavy (non-hydrogen) atoms. The van der Waals surface area contributed by atoms with Crippen molar-refractivity contribution in [3.63, 3.8) is 0 Å². The standard InChI is InChI=1S/C22H27NO5/c1-15(2)17-7-5-6-8-18(17)23-21(24)14-28-22(25)12-10-16-9-11-19(26-3)20(13-16)27-4/h5-9,11,13,15H,10,12,14H2,1-4H3,(H,23,24). The van der Waals surface area contributed by atoms with Crippen molar-refractivity contribution in [2.24, 2.45) is 0 Å². The summed E-state index contributed by atoms with van der Waals surface area (Å²) in [6.07, 6.45) is 0.655. The zero-order valence-corrected chi connectivity index (χ0v) is 16.8. The number of aryl methyl sites for hydroxylation is 1. The van der Waals surface area contributed by atoms with Crippen molar-refractivity contribution in [3.05, 3.63) is 53.6 Å². The van der Waals surface area contributed by atoms with Gasteiger partial charge in [0.2, 0.25) is 0 Å². The van der Waals surface area contributed by atoms with Gasteiger partial charge in [-0.2, -0.15) is 0 Å². The van der Waals surface area contributed by atoms with Crippen LogP contribution in [0.4, 0.5) is 5.69 Å². The first-order valence-corrected chi connectivity index (χ1v) is 9.20. The molecule has 0 bridgehead atoms. The second-order valence-electron chi connectivity index (χ2n) is 6.64. The predicted octanol–water partition coefficient (Wildman–Crippen LogP) is 3.94. The van der Waals surface area contributed by atoms with Crippen LogP contribution in [-0.2, 0) is 20.7 Å². The average molecular weight is 385 g/mol. The number of benzene rings is 2. The highest BCUT2D eigenvalue weighted by Crippen LogP contribution is 2.28. The molecule has 2 aromatic rings. The minimum Gasteiger partial charge on any atom is -0.493 e. The monoisotopic (exact) mass is 385 g/mol. The molecule has 2 aromatic carbocycles. The molecule has 0 heterocycles. The minimum absolute atomic E-state index is 0.172. The van der Waals surface area contributed by atoms with Crippen LogP contribution < -0.4 is 14.8 Å². The van der Waals surface area contributed by atoms with E-state index < -0.39 is 5.97 Å². The SMILES string of the molecule is COc1ccc(CCC(=O)OCC(=O)Nc2ccccc2C(C)C)cc1OC. The van der Waals surface area contributed by atoms with Crippen LogP contribution in [0.15, 0.2) is 42.5 Å². The van der Waals surface area contributed by atoms with Gasteiger partial charge in [0.1, 0.15) is 0 Å². The predicted molar refractivity (Wildman–Crippen MR) is 108 cm³/mol. The van der Waals surface area contributed by atoms with Gasteiger partial charge in [0, 0.05) is 12.1 Å². The third-order valence-corrected chi connectivity index (χ3v) is 4.29. The summed E-state index contributed by atoms with van der Waals surface area (Å²) < 4.78 is 15.5. The summed E-state index contributed by atoms with van der Waals surface area (Å²) >= 11 is 0. The number of amides is 1. The van der Waals surface area contributed by atoms with E-state index in [4.69, 9.17) is 14.2 Å². The third kappa shape index (κ3) is 6.01. The lowest BCUT2D eigenvalue weighted by Crippen LogP contribution is -2.21. The Bertz CT molecular complexity index is 816. The summed E-state index contributed by atoms with van der Waals surface area (Å²) in [6, 6.07) is 13.1. The fraction of sp³-hybridized carbons (Fsp3) is 0.364. The molecule has 2 rings (SSSR count). The average Bonchev–Trinajstić information content (AvgIpc) is 2.70. The van der Waals surface area contributed by atoms with Crippen LogP contribution in [-0.4, -0.2) is 32.7 Å². The van der Waals surface area contributed by atoms with E-state index >= 15 is 0 Å². The maximum absolute atomic E-state index is 12.1. The smallest absolute Gasteiger partial charge is 0.306 e. The summed E-state index contributed by atoms with van der Waals surface area (Å²) in [4.78, 5) is 24.1. The van der Waals surface area contributed by atoms with Gasteiger partial charge in [0.05, 0.1) is 14.2 Å². The second-order valence-corrected chi connectivity index (χ2v) is 6.64. The van der Waals surface area contributed by atoms with Gasteiger partial charge in [-0.05, 0) is 41.7 Å². The molecule has 150 valence electrons. The lowest BCUT2D eigenvalue weighted by molar-refractivity contribution is -0.147. The van der Waals surface area contributed by atoms with E-state index in [0.29, 0.717) is 17.9 Å². The number of methoxy groups -OCH3 is 2. The summed E-state index contributed by atoms with van der Waals surface area (Å²) in [5.74, 6) is 0.735. The van der Waals surface area contributed by atoms with E-state index in [1.165, 1.54) is 0 Å². The van der Waals surface area contributed by atoms with Crippen LogP contribution in [0.1, 0.15) is 37.3 Å². The van der Waals surface area contributed by atoms with Crippen LogP contribution in [0.25, 0.3) is 0 Å². The molecule has 1 amide bonds. The molecule has 0 saturated heterocycles. The fourth-order valence-electron chi connectivity index (χ4n) is 2.80. The van der Waals surface area contributed by atoms with Crippen molar-refractivity contribution in [1.82, 2.24) is 0 Å². The maximum Gasteiger partial charge on any atom is 0.306 e. The number of carbonyl (C=O) groups is 2. The Kier molecular flexibility index (Phi) is 7.87. The van der Waals surface area contributed by atoms with E-state index in [1.54, 1.807) is 20.3 Å². The van der Waals surface area contributed by atoms with Gasteiger partial charge >= 0.3 is 5.97 Å². The molecule has 0 atom stereocenters. The lowest BCUT2D eigenvalue weighted by Gasteiger charge is -2.13. The fourth-order valence-corrected chi connectivity index (χ4v) is 2.80. The molecule has 0 spiro atoms. The summed E-state index contributed by atoms with van der Waals surface area (Å²) in [5.41, 5.74) is 2.70. The molecule has 0 saturated carbocycles. The highest BCUT2D eigenvalue weighted by atomic mass is 16.5. The summed E-state index contributed by atoms with van der Waals surface area (Å²) in [6.45, 7) is 3.80. The first-order chi connectivity index (χ1) is 13.4. The van der Waals surface area contributed by atoms with Crippen molar-refractivity contribution in [1.29, 1.82) is 0 Å². The van der Waals surface area contributed by atoms with Gasteiger partial charge in [-0.15, -0.1) is 0 Å². The number of nitrogens with one attached hydrogen (secondary N) is 1. The first-order valence-electron chi connectivity index (χ1n) is 9.20. The molecular weight excluding hydrogens is 358 g/mol. The van der Waals surface area contributed by atoms with Crippen LogP contribution in [0.2, 0.25) is 0 Å². The van der Waals surface area contributed by atoms with Crippen LogP contribution in [0.5, 0.6) is 11.5 Å². The molecule has 0 aliphatic rings. The van der Waals surface area contributed by atoms with Crippen molar-refractivity contribution >= 4 is 17.6 Å². The summed E-state index contributed by atoms with van der Waals surface area (Å²) in [5, 5.41) is 2.80. The van der Waals surface area contributed by atoms with Gasteiger partial charge < -0.3 is 19.5 Å². The topological polar surface area (TPSA) is 73.9 Å².